The Balaban J connectivity index is 1.56. The number of Topliss-reactive ketones (excluding diaryl/α,β-unsaturated/α-hetero) is 1. The van der Waals surface area contributed by atoms with Crippen LogP contribution in [0.1, 0.15) is 104 Å². The molecule has 0 spiro atoms. The van der Waals surface area contributed by atoms with Crippen molar-refractivity contribution in [3.05, 3.63) is 34.2 Å². The van der Waals surface area contributed by atoms with Crippen LogP contribution in [-0.2, 0) is 24.0 Å². The largest absolute Gasteiger partial charge is 0.347 e. The van der Waals surface area contributed by atoms with Crippen LogP contribution in [-0.4, -0.2) is 82.0 Å². The van der Waals surface area contributed by atoms with E-state index in [9.17, 15) is 33.6 Å². The predicted octanol–water partition coefficient (Wildman–Crippen LogP) is 1.81. The van der Waals surface area contributed by atoms with E-state index in [0.717, 1.165) is 32.1 Å². The zero-order valence-corrected chi connectivity index (χ0v) is 29.2. The van der Waals surface area contributed by atoms with Crippen molar-refractivity contribution in [1.29, 1.82) is 0 Å². The van der Waals surface area contributed by atoms with Crippen molar-refractivity contribution in [3.63, 3.8) is 0 Å². The van der Waals surface area contributed by atoms with Crippen LogP contribution in [0.3, 0.4) is 0 Å². The highest BCUT2D eigenvalue weighted by atomic mass is 16.2. The van der Waals surface area contributed by atoms with Gasteiger partial charge in [0.25, 0.3) is 11.8 Å². The van der Waals surface area contributed by atoms with E-state index < -0.39 is 75.9 Å². The van der Waals surface area contributed by atoms with Crippen LogP contribution >= 0.6 is 0 Å². The van der Waals surface area contributed by atoms with Crippen molar-refractivity contribution in [3.8, 4) is 0 Å². The van der Waals surface area contributed by atoms with Gasteiger partial charge in [0.05, 0.1) is 6.04 Å². The van der Waals surface area contributed by atoms with Crippen LogP contribution in [0.2, 0.25) is 0 Å². The monoisotopic (exact) mass is 668 g/mol. The number of fused-ring (bicyclic) bond motifs is 1. The Morgan fingerprint density at radius 1 is 0.896 bits per heavy atom. The van der Waals surface area contributed by atoms with E-state index in [1.165, 1.54) is 23.1 Å². The number of H-pyrrole nitrogens is 1. The number of carbonyl (C=O) groups excluding carboxylic acids is 6. The third-order valence-electron chi connectivity index (χ3n) is 9.61. The Labute approximate surface area is 282 Å². The normalized spacial score (nSPS) is 22.6. The molecule has 2 aliphatic carbocycles. The Morgan fingerprint density at radius 3 is 2.15 bits per heavy atom. The minimum atomic E-state index is -1.08. The summed E-state index contributed by atoms with van der Waals surface area (Å²) < 4.78 is 0. The van der Waals surface area contributed by atoms with Gasteiger partial charge in [0.2, 0.25) is 29.1 Å². The van der Waals surface area contributed by atoms with E-state index in [0.29, 0.717) is 13.0 Å². The number of nitrogens with zero attached hydrogens (tertiary/aromatic N) is 1. The minimum absolute atomic E-state index is 0.000248. The van der Waals surface area contributed by atoms with Crippen molar-refractivity contribution in [2.75, 3.05) is 6.54 Å². The number of hydrogen-bond donors (Lipinski definition) is 5. The fourth-order valence-corrected chi connectivity index (χ4v) is 6.83. The van der Waals surface area contributed by atoms with E-state index >= 15 is 0 Å². The SMILES string of the molecule is CCC[C@H](NC(=O)[C@@H]1C2CCC[C@H]2CN1C(=O)[C@@H](NC(=O)[C@@H](NC(=O)c1cccc(=O)[nH]1)C(C)(C)C)C(C)(C)C)C(=O)C(=O)NC1CC1. The average Bonchev–Trinajstić information content (AvgIpc) is 3.56. The molecule has 2 heterocycles. The number of hydrogen-bond acceptors (Lipinski definition) is 7. The summed E-state index contributed by atoms with van der Waals surface area (Å²) in [5.74, 6) is -3.55. The Hall–Kier alpha value is -4.03. The third kappa shape index (κ3) is 8.70. The van der Waals surface area contributed by atoms with Crippen LogP contribution < -0.4 is 26.8 Å². The molecular formula is C35H52N6O7. The van der Waals surface area contributed by atoms with Crippen LogP contribution in [0.5, 0.6) is 0 Å². The molecule has 264 valence electrons. The van der Waals surface area contributed by atoms with Crippen molar-refractivity contribution in [1.82, 2.24) is 31.2 Å². The third-order valence-corrected chi connectivity index (χ3v) is 9.61. The lowest BCUT2D eigenvalue weighted by Gasteiger charge is -2.38. The van der Waals surface area contributed by atoms with Gasteiger partial charge in [-0.05, 0) is 60.8 Å². The second-order valence-corrected chi connectivity index (χ2v) is 15.8. The highest BCUT2D eigenvalue weighted by molar-refractivity contribution is 6.38. The van der Waals surface area contributed by atoms with Crippen LogP contribution in [0.15, 0.2) is 23.0 Å². The average molecular weight is 669 g/mol. The van der Waals surface area contributed by atoms with Gasteiger partial charge in [0, 0.05) is 18.7 Å². The molecule has 1 aromatic heterocycles. The van der Waals surface area contributed by atoms with Crippen LogP contribution in [0.25, 0.3) is 0 Å². The summed E-state index contributed by atoms with van der Waals surface area (Å²) in [5.41, 5.74) is -2.03. The number of pyridine rings is 1. The summed E-state index contributed by atoms with van der Waals surface area (Å²) >= 11 is 0. The maximum atomic E-state index is 14.5. The highest BCUT2D eigenvalue weighted by Crippen LogP contribution is 2.43. The van der Waals surface area contributed by atoms with Gasteiger partial charge >= 0.3 is 0 Å². The lowest BCUT2D eigenvalue weighted by molar-refractivity contribution is -0.146. The minimum Gasteiger partial charge on any atom is -0.347 e. The first-order valence-electron chi connectivity index (χ1n) is 17.2. The zero-order chi connectivity index (χ0) is 35.6. The smallest absolute Gasteiger partial charge is 0.289 e. The number of aromatic amines is 1. The van der Waals surface area contributed by atoms with E-state index in [4.69, 9.17) is 0 Å². The molecule has 0 aromatic carbocycles. The standard InChI is InChI=1S/C35H52N6O7/c1-8-11-22(26(43)31(46)36-20-16-17-20)38-30(45)25-21-13-9-12-19(21)18-41(25)33(48)28(35(5,6)7)40-32(47)27(34(2,3)4)39-29(44)23-14-10-15-24(42)37-23/h10,14-15,19-22,25,27-28H,8-9,11-13,16-18H2,1-7H3,(H,36,46)(H,37,42)(H,38,45)(H,39,44)(H,40,47)/t19-,21?,22-,25-,27+,28+/m0/s1. The number of aromatic nitrogens is 1. The van der Waals surface area contributed by atoms with Gasteiger partial charge in [0.1, 0.15) is 23.8 Å². The first-order chi connectivity index (χ1) is 22.4. The Bertz CT molecular complexity index is 1470. The predicted molar refractivity (Wildman–Crippen MR) is 178 cm³/mol. The summed E-state index contributed by atoms with van der Waals surface area (Å²) in [6.45, 7) is 13.0. The van der Waals surface area contributed by atoms with Crippen LogP contribution in [0, 0.1) is 22.7 Å². The van der Waals surface area contributed by atoms with Gasteiger partial charge in [-0.3, -0.25) is 33.6 Å². The summed E-state index contributed by atoms with van der Waals surface area (Å²) in [6.07, 6.45) is 5.02. The second kappa shape index (κ2) is 14.6. The topological polar surface area (TPSA) is 187 Å². The molecule has 3 fully saturated rings. The maximum absolute atomic E-state index is 14.5. The van der Waals surface area contributed by atoms with Gasteiger partial charge in [-0.15, -0.1) is 0 Å². The summed E-state index contributed by atoms with van der Waals surface area (Å²) in [4.78, 5) is 97.0. The first kappa shape index (κ1) is 36.8. The lowest BCUT2D eigenvalue weighted by Crippen LogP contribution is -2.63. The van der Waals surface area contributed by atoms with Crippen molar-refractivity contribution in [2.24, 2.45) is 22.7 Å². The molecule has 48 heavy (non-hydrogen) atoms. The Morgan fingerprint density at radius 2 is 1.56 bits per heavy atom. The second-order valence-electron chi connectivity index (χ2n) is 15.8. The summed E-state index contributed by atoms with van der Waals surface area (Å²) in [6, 6.07) is 0.142. The molecule has 4 rings (SSSR count). The molecule has 13 heteroatoms. The molecule has 1 saturated heterocycles. The first-order valence-corrected chi connectivity index (χ1v) is 17.2. The number of rotatable bonds is 12. The molecule has 5 amide bonds. The number of likely N-dealkylation sites (tertiary alicyclic amines) is 1. The fraction of sp³-hybridized carbons (Fsp3) is 0.686. The number of nitrogens with one attached hydrogen (secondary N) is 5. The highest BCUT2D eigenvalue weighted by Gasteiger charge is 2.52. The van der Waals surface area contributed by atoms with E-state index in [1.807, 2.05) is 27.7 Å². The van der Waals surface area contributed by atoms with E-state index in [-0.39, 0.29) is 30.0 Å². The van der Waals surface area contributed by atoms with E-state index in [1.54, 1.807) is 20.8 Å². The van der Waals surface area contributed by atoms with Crippen molar-refractivity contribution >= 4 is 35.3 Å². The molecule has 6 atom stereocenters. The molecule has 1 aliphatic heterocycles. The quantitative estimate of drug-likeness (QED) is 0.210. The summed E-state index contributed by atoms with van der Waals surface area (Å²) in [7, 11) is 0. The number of ketones is 1. The molecule has 0 radical (unpaired) electrons. The molecular weight excluding hydrogens is 616 g/mol. The lowest BCUT2D eigenvalue weighted by atomic mass is 9.82. The van der Waals surface area contributed by atoms with Gasteiger partial charge in [-0.2, -0.15) is 0 Å². The van der Waals surface area contributed by atoms with Crippen LogP contribution in [0.4, 0.5) is 0 Å². The van der Waals surface area contributed by atoms with E-state index in [2.05, 4.69) is 26.3 Å². The molecule has 2 saturated carbocycles. The van der Waals surface area contributed by atoms with Gasteiger partial charge < -0.3 is 31.2 Å². The maximum Gasteiger partial charge on any atom is 0.289 e. The summed E-state index contributed by atoms with van der Waals surface area (Å²) in [5, 5.41) is 11.1. The molecule has 3 aliphatic rings. The Kier molecular flexibility index (Phi) is 11.2. The van der Waals surface area contributed by atoms with Gasteiger partial charge in [0.15, 0.2) is 0 Å². The fourth-order valence-electron chi connectivity index (χ4n) is 6.83. The number of carbonyl (C=O) groups is 6. The molecule has 0 bridgehead atoms. The zero-order valence-electron chi connectivity index (χ0n) is 29.2. The van der Waals surface area contributed by atoms with Gasteiger partial charge in [-0.1, -0.05) is 67.4 Å². The molecule has 13 nitrogen and oxygen atoms in total. The molecule has 1 aromatic rings. The van der Waals surface area contributed by atoms with Crippen molar-refractivity contribution < 1.29 is 28.8 Å². The molecule has 1 unspecified atom stereocenters. The number of amides is 5. The van der Waals surface area contributed by atoms with Crippen molar-refractivity contribution in [2.45, 2.75) is 124 Å². The van der Waals surface area contributed by atoms with Gasteiger partial charge in [-0.25, -0.2) is 0 Å². The molecule has 5 N–H and O–H groups in total.